The van der Waals surface area contributed by atoms with E-state index in [4.69, 9.17) is 0 Å². The zero-order chi connectivity index (χ0) is 11.4. The number of hydrogen-bond donors (Lipinski definition) is 0. The number of aryl methyl sites for hydroxylation is 2. The lowest BCUT2D eigenvalue weighted by molar-refractivity contribution is 0.276. The molecule has 1 aliphatic rings. The van der Waals surface area contributed by atoms with E-state index in [0.29, 0.717) is 0 Å². The molecule has 0 aromatic carbocycles. The van der Waals surface area contributed by atoms with Gasteiger partial charge in [-0.15, -0.1) is 0 Å². The summed E-state index contributed by atoms with van der Waals surface area (Å²) in [5.41, 5.74) is 1.15. The first-order chi connectivity index (χ1) is 7.74. The number of nitrogens with zero attached hydrogens (tertiary/aromatic N) is 2. The van der Waals surface area contributed by atoms with Gasteiger partial charge in [-0.3, -0.25) is 0 Å². The molecule has 2 nitrogen and oxygen atoms in total. The van der Waals surface area contributed by atoms with Crippen molar-refractivity contribution in [2.75, 3.05) is 0 Å². The minimum atomic E-state index is 0.918. The van der Waals surface area contributed by atoms with Gasteiger partial charge in [-0.25, -0.2) is 9.97 Å². The summed E-state index contributed by atoms with van der Waals surface area (Å²) in [5.74, 6) is 2.89. The molecular formula is C14H22N2. The van der Waals surface area contributed by atoms with Gasteiger partial charge in [-0.05, 0) is 30.7 Å². The second kappa shape index (κ2) is 5.42. The Labute approximate surface area is 98.5 Å². The summed E-state index contributed by atoms with van der Waals surface area (Å²) in [7, 11) is 0. The molecule has 0 aliphatic heterocycles. The molecule has 0 radical (unpaired) electrons. The maximum atomic E-state index is 4.37. The molecule has 88 valence electrons. The molecule has 1 saturated carbocycles. The zero-order valence-corrected chi connectivity index (χ0v) is 10.4. The Morgan fingerprint density at radius 2 is 1.75 bits per heavy atom. The molecule has 1 heterocycles. The minimum Gasteiger partial charge on any atom is -0.241 e. The van der Waals surface area contributed by atoms with E-state index in [2.05, 4.69) is 16.9 Å². The van der Waals surface area contributed by atoms with Crippen LogP contribution in [0.4, 0.5) is 0 Å². The summed E-state index contributed by atoms with van der Waals surface area (Å²) in [6, 6.07) is 0. The lowest BCUT2D eigenvalue weighted by atomic mass is 9.81. The van der Waals surface area contributed by atoms with Crippen molar-refractivity contribution in [1.82, 2.24) is 9.97 Å². The molecule has 0 saturated heterocycles. The summed E-state index contributed by atoms with van der Waals surface area (Å²) in [4.78, 5) is 8.73. The summed E-state index contributed by atoms with van der Waals surface area (Å²) in [5, 5.41) is 0. The van der Waals surface area contributed by atoms with Gasteiger partial charge in [0.1, 0.15) is 5.82 Å². The standard InChI is InChI=1S/C14H22N2/c1-11-3-5-13(6-4-11)7-8-14-15-9-12(2)10-16-14/h9-11,13H,3-8H2,1-2H3. The molecule has 0 spiro atoms. The summed E-state index contributed by atoms with van der Waals surface area (Å²) in [6.45, 7) is 4.41. The normalized spacial score (nSPS) is 25.6. The molecule has 2 rings (SSSR count). The largest absolute Gasteiger partial charge is 0.241 e. The van der Waals surface area contributed by atoms with Crippen LogP contribution >= 0.6 is 0 Å². The molecule has 0 atom stereocenters. The van der Waals surface area contributed by atoms with Crippen molar-refractivity contribution in [2.24, 2.45) is 11.8 Å². The molecule has 1 aromatic rings. The van der Waals surface area contributed by atoms with E-state index in [1.165, 1.54) is 32.1 Å². The Morgan fingerprint density at radius 1 is 1.12 bits per heavy atom. The van der Waals surface area contributed by atoms with E-state index in [9.17, 15) is 0 Å². The van der Waals surface area contributed by atoms with Crippen molar-refractivity contribution in [3.05, 3.63) is 23.8 Å². The molecular weight excluding hydrogens is 196 g/mol. The van der Waals surface area contributed by atoms with Crippen LogP contribution in [0.1, 0.15) is 50.4 Å². The summed E-state index contributed by atoms with van der Waals surface area (Å²) < 4.78 is 0. The second-order valence-electron chi connectivity index (χ2n) is 5.34. The molecule has 0 amide bonds. The van der Waals surface area contributed by atoms with Crippen LogP contribution in [0.15, 0.2) is 12.4 Å². The highest BCUT2D eigenvalue weighted by Gasteiger charge is 2.18. The van der Waals surface area contributed by atoms with Gasteiger partial charge in [-0.1, -0.05) is 32.6 Å². The Bertz CT molecular complexity index is 310. The Morgan fingerprint density at radius 3 is 2.38 bits per heavy atom. The number of rotatable bonds is 3. The first-order valence-corrected chi connectivity index (χ1v) is 6.51. The van der Waals surface area contributed by atoms with Crippen LogP contribution in [0.3, 0.4) is 0 Å². The highest BCUT2D eigenvalue weighted by Crippen LogP contribution is 2.30. The van der Waals surface area contributed by atoms with Crippen LogP contribution < -0.4 is 0 Å². The number of aromatic nitrogens is 2. The highest BCUT2D eigenvalue weighted by atomic mass is 14.9. The third-order valence-electron chi connectivity index (χ3n) is 3.75. The van der Waals surface area contributed by atoms with Gasteiger partial charge in [0.05, 0.1) is 0 Å². The Balaban J connectivity index is 1.77. The molecule has 0 unspecified atom stereocenters. The second-order valence-corrected chi connectivity index (χ2v) is 5.34. The molecule has 1 aromatic heterocycles. The quantitative estimate of drug-likeness (QED) is 0.775. The molecule has 1 fully saturated rings. The van der Waals surface area contributed by atoms with Gasteiger partial charge in [0.25, 0.3) is 0 Å². The lowest BCUT2D eigenvalue weighted by Gasteiger charge is -2.25. The van der Waals surface area contributed by atoms with Crippen LogP contribution in [0, 0.1) is 18.8 Å². The van der Waals surface area contributed by atoms with E-state index in [1.807, 2.05) is 19.3 Å². The van der Waals surface area contributed by atoms with Crippen LogP contribution in [0.2, 0.25) is 0 Å². The van der Waals surface area contributed by atoms with Gasteiger partial charge >= 0.3 is 0 Å². The van der Waals surface area contributed by atoms with Gasteiger partial charge in [0.15, 0.2) is 0 Å². The van der Waals surface area contributed by atoms with Gasteiger partial charge < -0.3 is 0 Å². The monoisotopic (exact) mass is 218 g/mol. The predicted molar refractivity (Wildman–Crippen MR) is 66.2 cm³/mol. The molecule has 2 heteroatoms. The smallest absolute Gasteiger partial charge is 0.128 e. The fourth-order valence-corrected chi connectivity index (χ4v) is 2.50. The third kappa shape index (κ3) is 3.29. The van der Waals surface area contributed by atoms with E-state index >= 15 is 0 Å². The fraction of sp³-hybridized carbons (Fsp3) is 0.714. The maximum absolute atomic E-state index is 4.37. The van der Waals surface area contributed by atoms with Crippen LogP contribution in [-0.4, -0.2) is 9.97 Å². The number of hydrogen-bond acceptors (Lipinski definition) is 2. The van der Waals surface area contributed by atoms with Gasteiger partial charge in [-0.2, -0.15) is 0 Å². The third-order valence-corrected chi connectivity index (χ3v) is 3.75. The highest BCUT2D eigenvalue weighted by molar-refractivity contribution is 5.01. The van der Waals surface area contributed by atoms with Crippen molar-refractivity contribution >= 4 is 0 Å². The maximum Gasteiger partial charge on any atom is 0.128 e. The van der Waals surface area contributed by atoms with Crippen molar-refractivity contribution in [2.45, 2.75) is 52.4 Å². The molecule has 0 bridgehead atoms. The fourth-order valence-electron chi connectivity index (χ4n) is 2.50. The predicted octanol–water partition coefficient (Wildman–Crippen LogP) is 3.54. The van der Waals surface area contributed by atoms with Crippen LogP contribution in [0.25, 0.3) is 0 Å². The van der Waals surface area contributed by atoms with Gasteiger partial charge in [0, 0.05) is 18.8 Å². The summed E-state index contributed by atoms with van der Waals surface area (Å²) in [6.07, 6.45) is 11.8. The first-order valence-electron chi connectivity index (χ1n) is 6.51. The van der Waals surface area contributed by atoms with Crippen LogP contribution in [0.5, 0.6) is 0 Å². The lowest BCUT2D eigenvalue weighted by Crippen LogP contribution is -2.13. The van der Waals surface area contributed by atoms with Crippen molar-refractivity contribution in [3.63, 3.8) is 0 Å². The Hall–Kier alpha value is -0.920. The van der Waals surface area contributed by atoms with Crippen molar-refractivity contribution in [1.29, 1.82) is 0 Å². The summed E-state index contributed by atoms with van der Waals surface area (Å²) >= 11 is 0. The molecule has 16 heavy (non-hydrogen) atoms. The minimum absolute atomic E-state index is 0.918. The SMILES string of the molecule is Cc1cnc(CCC2CCC(C)CC2)nc1. The van der Waals surface area contributed by atoms with Crippen LogP contribution in [-0.2, 0) is 6.42 Å². The van der Waals surface area contributed by atoms with E-state index < -0.39 is 0 Å². The zero-order valence-electron chi connectivity index (χ0n) is 10.4. The topological polar surface area (TPSA) is 25.8 Å². The average molecular weight is 218 g/mol. The van der Waals surface area contributed by atoms with E-state index in [-0.39, 0.29) is 0 Å². The molecule has 0 N–H and O–H groups in total. The van der Waals surface area contributed by atoms with E-state index in [1.54, 1.807) is 0 Å². The van der Waals surface area contributed by atoms with Gasteiger partial charge in [0.2, 0.25) is 0 Å². The average Bonchev–Trinajstić information content (AvgIpc) is 2.30. The van der Waals surface area contributed by atoms with Crippen molar-refractivity contribution < 1.29 is 0 Å². The van der Waals surface area contributed by atoms with E-state index in [0.717, 1.165) is 29.6 Å². The van der Waals surface area contributed by atoms with Crippen molar-refractivity contribution in [3.8, 4) is 0 Å². The Kier molecular flexibility index (Phi) is 3.92. The first kappa shape index (κ1) is 11.6. The molecule has 1 aliphatic carbocycles.